The molecule has 0 rings (SSSR count). The lowest BCUT2D eigenvalue weighted by Crippen LogP contribution is -2.45. The highest BCUT2D eigenvalue weighted by Gasteiger charge is 2.20. The Morgan fingerprint density at radius 2 is 0.797 bits per heavy atom. The third-order valence-electron chi connectivity index (χ3n) is 12.3. The summed E-state index contributed by atoms with van der Waals surface area (Å²) in [5, 5.41) is 23.2. The molecule has 0 spiro atoms. The van der Waals surface area contributed by atoms with Crippen LogP contribution in [-0.2, 0) is 14.3 Å². The zero-order valence-corrected chi connectivity index (χ0v) is 39.7. The van der Waals surface area contributed by atoms with E-state index in [1.165, 1.54) is 180 Å². The van der Waals surface area contributed by atoms with Crippen LogP contribution in [-0.4, -0.2) is 47.4 Å². The summed E-state index contributed by atoms with van der Waals surface area (Å²) in [7, 11) is 0. The van der Waals surface area contributed by atoms with E-state index >= 15 is 0 Å². The molecule has 59 heavy (non-hydrogen) atoms. The van der Waals surface area contributed by atoms with Crippen LogP contribution in [0.5, 0.6) is 0 Å². The molecule has 0 aliphatic heterocycles. The lowest BCUT2D eigenvalue weighted by molar-refractivity contribution is -0.143. The zero-order chi connectivity index (χ0) is 43.0. The summed E-state index contributed by atoms with van der Waals surface area (Å²) in [4.78, 5) is 24.5. The lowest BCUT2D eigenvalue weighted by Gasteiger charge is -2.22. The van der Waals surface area contributed by atoms with Gasteiger partial charge in [0.25, 0.3) is 0 Å². The standard InChI is InChI=1S/C53H103NO5/c1-3-5-7-9-11-13-15-17-18-19-20-21-22-24-25-29-33-37-41-45-51(56)50(49-55)54-52(57)46-42-38-34-30-27-28-32-36-40-44-48-59-53(58)47-43-39-35-31-26-23-16-14-12-10-8-6-4-2/h28,32,50-51,55-56H,3-27,29-31,33-49H2,1-2H3,(H,54,57)/b32-28-. The van der Waals surface area contributed by atoms with E-state index in [9.17, 15) is 19.8 Å². The summed E-state index contributed by atoms with van der Waals surface area (Å²) >= 11 is 0. The van der Waals surface area contributed by atoms with Crippen molar-refractivity contribution in [2.24, 2.45) is 0 Å². The first-order chi connectivity index (χ1) is 29.0. The number of aliphatic hydroxyl groups excluding tert-OH is 2. The number of aliphatic hydroxyl groups is 2. The van der Waals surface area contributed by atoms with Crippen molar-refractivity contribution in [3.05, 3.63) is 12.2 Å². The van der Waals surface area contributed by atoms with Crippen LogP contribution in [0.2, 0.25) is 0 Å². The number of esters is 1. The zero-order valence-electron chi connectivity index (χ0n) is 39.7. The molecule has 350 valence electrons. The van der Waals surface area contributed by atoms with E-state index in [0.717, 1.165) is 77.0 Å². The predicted molar refractivity (Wildman–Crippen MR) is 255 cm³/mol. The predicted octanol–water partition coefficient (Wildman–Crippen LogP) is 15.7. The number of hydrogen-bond donors (Lipinski definition) is 3. The van der Waals surface area contributed by atoms with Crippen LogP contribution in [0.1, 0.15) is 290 Å². The third kappa shape index (κ3) is 45.9. The highest BCUT2D eigenvalue weighted by Crippen LogP contribution is 2.17. The maximum atomic E-state index is 12.5. The van der Waals surface area contributed by atoms with Crippen LogP contribution < -0.4 is 5.32 Å². The third-order valence-corrected chi connectivity index (χ3v) is 12.3. The summed E-state index contributed by atoms with van der Waals surface area (Å²) < 4.78 is 5.43. The molecule has 0 bridgehead atoms. The molecule has 1 amide bonds. The van der Waals surface area contributed by atoms with E-state index < -0.39 is 12.1 Å². The molecule has 0 aromatic heterocycles. The van der Waals surface area contributed by atoms with Gasteiger partial charge in [-0.15, -0.1) is 0 Å². The van der Waals surface area contributed by atoms with Crippen molar-refractivity contribution in [1.82, 2.24) is 5.32 Å². The average molecular weight is 834 g/mol. The van der Waals surface area contributed by atoms with Crippen molar-refractivity contribution in [1.29, 1.82) is 0 Å². The van der Waals surface area contributed by atoms with E-state index in [2.05, 4.69) is 31.3 Å². The molecule has 2 atom stereocenters. The molecule has 6 nitrogen and oxygen atoms in total. The number of ether oxygens (including phenoxy) is 1. The van der Waals surface area contributed by atoms with Crippen LogP contribution in [0.3, 0.4) is 0 Å². The first-order valence-corrected chi connectivity index (χ1v) is 26.4. The second-order valence-electron chi connectivity index (χ2n) is 18.2. The number of rotatable bonds is 49. The Kier molecular flexibility index (Phi) is 48.1. The van der Waals surface area contributed by atoms with Gasteiger partial charge in [-0.25, -0.2) is 0 Å². The normalized spacial score (nSPS) is 12.7. The highest BCUT2D eigenvalue weighted by molar-refractivity contribution is 5.76. The summed E-state index contributed by atoms with van der Waals surface area (Å²) in [6, 6.07) is -0.566. The van der Waals surface area contributed by atoms with Gasteiger partial charge in [0.1, 0.15) is 0 Å². The number of hydrogen-bond acceptors (Lipinski definition) is 5. The number of allylic oxidation sites excluding steroid dienone is 2. The Bertz CT molecular complexity index is 878. The van der Waals surface area contributed by atoms with Crippen LogP contribution in [0, 0.1) is 0 Å². The van der Waals surface area contributed by atoms with Crippen molar-refractivity contribution >= 4 is 11.9 Å². The molecular formula is C53H103NO5. The van der Waals surface area contributed by atoms with Crippen LogP contribution in [0.15, 0.2) is 12.2 Å². The minimum Gasteiger partial charge on any atom is -0.466 e. The van der Waals surface area contributed by atoms with Gasteiger partial charge in [-0.1, -0.05) is 238 Å². The largest absolute Gasteiger partial charge is 0.466 e. The number of unbranched alkanes of at least 4 members (excludes halogenated alkanes) is 36. The Hall–Kier alpha value is -1.40. The van der Waals surface area contributed by atoms with E-state index in [4.69, 9.17) is 4.74 Å². The summed E-state index contributed by atoms with van der Waals surface area (Å²) in [5.41, 5.74) is 0. The molecule has 0 aromatic carbocycles. The fourth-order valence-electron chi connectivity index (χ4n) is 8.22. The molecule has 0 aliphatic rings. The molecule has 2 unspecified atom stereocenters. The molecule has 0 aromatic rings. The highest BCUT2D eigenvalue weighted by atomic mass is 16.5. The maximum Gasteiger partial charge on any atom is 0.305 e. The van der Waals surface area contributed by atoms with Gasteiger partial charge in [-0.3, -0.25) is 9.59 Å². The number of carbonyl (C=O) groups excluding carboxylic acids is 2. The van der Waals surface area contributed by atoms with E-state index in [1.807, 2.05) is 0 Å². The van der Waals surface area contributed by atoms with Crippen molar-refractivity contribution in [3.63, 3.8) is 0 Å². The van der Waals surface area contributed by atoms with Crippen molar-refractivity contribution < 1.29 is 24.5 Å². The van der Waals surface area contributed by atoms with Gasteiger partial charge >= 0.3 is 5.97 Å². The van der Waals surface area contributed by atoms with Gasteiger partial charge in [0, 0.05) is 12.8 Å². The SMILES string of the molecule is CCCCCCCCCCCCCCCCCCCCCC(O)C(CO)NC(=O)CCCCCC/C=C\CCCCOC(=O)CCCCCCCCCCCCCCC. The fraction of sp³-hybridized carbons (Fsp3) is 0.925. The molecule has 0 saturated carbocycles. The average Bonchev–Trinajstić information content (AvgIpc) is 3.24. The van der Waals surface area contributed by atoms with E-state index in [1.54, 1.807) is 0 Å². The van der Waals surface area contributed by atoms with Gasteiger partial charge in [-0.2, -0.15) is 0 Å². The topological polar surface area (TPSA) is 95.9 Å². The summed E-state index contributed by atoms with van der Waals surface area (Å²) in [6.45, 7) is 4.88. The van der Waals surface area contributed by atoms with Crippen LogP contribution >= 0.6 is 0 Å². The van der Waals surface area contributed by atoms with E-state index in [-0.39, 0.29) is 18.5 Å². The monoisotopic (exact) mass is 834 g/mol. The van der Waals surface area contributed by atoms with Crippen LogP contribution in [0.25, 0.3) is 0 Å². The summed E-state index contributed by atoms with van der Waals surface area (Å²) in [6.07, 6.45) is 56.2. The van der Waals surface area contributed by atoms with Gasteiger partial charge in [0.15, 0.2) is 0 Å². The Morgan fingerprint density at radius 3 is 1.20 bits per heavy atom. The van der Waals surface area contributed by atoms with Crippen molar-refractivity contribution in [3.8, 4) is 0 Å². The molecule has 0 radical (unpaired) electrons. The second kappa shape index (κ2) is 49.3. The van der Waals surface area contributed by atoms with Crippen molar-refractivity contribution in [2.75, 3.05) is 13.2 Å². The fourth-order valence-corrected chi connectivity index (χ4v) is 8.22. The number of nitrogens with one attached hydrogen (secondary N) is 1. The Morgan fingerprint density at radius 1 is 0.458 bits per heavy atom. The first kappa shape index (κ1) is 57.6. The quantitative estimate of drug-likeness (QED) is 0.0322. The molecule has 0 heterocycles. The molecule has 0 saturated heterocycles. The van der Waals surface area contributed by atoms with Crippen molar-refractivity contribution in [2.45, 2.75) is 302 Å². The maximum absolute atomic E-state index is 12.5. The number of carbonyl (C=O) groups is 2. The number of amides is 1. The lowest BCUT2D eigenvalue weighted by atomic mass is 10.0. The molecule has 3 N–H and O–H groups in total. The first-order valence-electron chi connectivity index (χ1n) is 26.4. The molecule has 6 heteroatoms. The molecule has 0 aliphatic carbocycles. The molecular weight excluding hydrogens is 731 g/mol. The Balaban J connectivity index is 3.51. The second-order valence-corrected chi connectivity index (χ2v) is 18.2. The van der Waals surface area contributed by atoms with Crippen LogP contribution in [0.4, 0.5) is 0 Å². The van der Waals surface area contributed by atoms with Gasteiger partial charge in [0.2, 0.25) is 5.91 Å². The smallest absolute Gasteiger partial charge is 0.305 e. The van der Waals surface area contributed by atoms with Gasteiger partial charge in [0.05, 0.1) is 25.4 Å². The minimum absolute atomic E-state index is 0.0342. The van der Waals surface area contributed by atoms with Gasteiger partial charge in [-0.05, 0) is 51.4 Å². The Labute approximate surface area is 368 Å². The summed E-state index contributed by atoms with van der Waals surface area (Å²) in [5.74, 6) is -0.102. The van der Waals surface area contributed by atoms with E-state index in [0.29, 0.717) is 25.9 Å². The van der Waals surface area contributed by atoms with Gasteiger partial charge < -0.3 is 20.3 Å². The minimum atomic E-state index is -0.685. The molecule has 0 fully saturated rings.